The van der Waals surface area contributed by atoms with Gasteiger partial charge in [0, 0.05) is 31.2 Å². The lowest BCUT2D eigenvalue weighted by molar-refractivity contribution is 0.0557. The number of hydrogen-bond donors (Lipinski definition) is 1. The minimum Gasteiger partial charge on any atom is -0.290 e. The quantitative estimate of drug-likeness (QED) is 0.673. The summed E-state index contributed by atoms with van der Waals surface area (Å²) in [6.07, 6.45) is 0. The van der Waals surface area contributed by atoms with Crippen molar-refractivity contribution in [3.63, 3.8) is 0 Å². The Morgan fingerprint density at radius 1 is 0.893 bits per heavy atom. The average molecular weight is 412 g/mol. The minimum atomic E-state index is -0.0271. The van der Waals surface area contributed by atoms with Crippen LogP contribution in [0.3, 0.4) is 0 Å². The van der Waals surface area contributed by atoms with Crippen molar-refractivity contribution in [2.24, 2.45) is 0 Å². The first-order chi connectivity index (χ1) is 13.7. The Bertz CT molecular complexity index is 891. The van der Waals surface area contributed by atoms with Gasteiger partial charge in [-0.3, -0.25) is 15.1 Å². The molecular weight excluding hydrogens is 390 g/mol. The first-order valence-corrected chi connectivity index (χ1v) is 10.6. The normalized spacial score (nSPS) is 16.6. The van der Waals surface area contributed by atoms with Crippen LogP contribution in [0.4, 0.5) is 0 Å². The second-order valence-electron chi connectivity index (χ2n) is 6.81. The number of thiophene rings is 1. The lowest BCUT2D eigenvalue weighted by Crippen LogP contribution is -2.54. The van der Waals surface area contributed by atoms with Crippen molar-refractivity contribution >= 4 is 28.8 Å². The molecule has 0 spiro atoms. The zero-order valence-electron chi connectivity index (χ0n) is 15.4. The smallest absolute Gasteiger partial charge is 0.275 e. The highest BCUT2D eigenvalue weighted by molar-refractivity contribution is 7.12. The molecule has 144 valence electrons. The van der Waals surface area contributed by atoms with Gasteiger partial charge in [-0.15, -0.1) is 11.3 Å². The fourth-order valence-electron chi connectivity index (χ4n) is 3.59. The van der Waals surface area contributed by atoms with E-state index in [1.165, 1.54) is 22.5 Å². The van der Waals surface area contributed by atoms with Gasteiger partial charge in [0.25, 0.3) is 5.91 Å². The van der Waals surface area contributed by atoms with Crippen LogP contribution in [0.25, 0.3) is 0 Å². The summed E-state index contributed by atoms with van der Waals surface area (Å²) >= 11 is 7.56. The van der Waals surface area contributed by atoms with E-state index >= 15 is 0 Å². The van der Waals surface area contributed by atoms with E-state index in [2.05, 4.69) is 46.7 Å². The van der Waals surface area contributed by atoms with Crippen LogP contribution >= 0.6 is 22.9 Å². The fourth-order valence-corrected chi connectivity index (χ4v) is 4.33. The molecule has 1 N–H and O–H groups in total. The Hall–Kier alpha value is -2.18. The first-order valence-electron chi connectivity index (χ1n) is 9.34. The summed E-state index contributed by atoms with van der Waals surface area (Å²) in [5.74, 6) is -0.0271. The molecule has 2 aromatic carbocycles. The van der Waals surface area contributed by atoms with E-state index in [9.17, 15) is 4.79 Å². The van der Waals surface area contributed by atoms with E-state index in [1.807, 2.05) is 40.7 Å². The number of hydrogen-bond acceptors (Lipinski definition) is 4. The molecule has 1 atom stereocenters. The summed E-state index contributed by atoms with van der Waals surface area (Å²) in [4.78, 5) is 15.5. The Balaban J connectivity index is 1.46. The third kappa shape index (κ3) is 4.45. The molecule has 4 nitrogen and oxygen atoms in total. The van der Waals surface area contributed by atoms with Crippen molar-refractivity contribution in [1.29, 1.82) is 0 Å². The van der Waals surface area contributed by atoms with Crippen molar-refractivity contribution in [1.82, 2.24) is 15.3 Å². The van der Waals surface area contributed by atoms with Crippen molar-refractivity contribution in [2.45, 2.75) is 6.04 Å². The average Bonchev–Trinajstić information content (AvgIpc) is 3.27. The fraction of sp³-hybridized carbons (Fsp3) is 0.227. The summed E-state index contributed by atoms with van der Waals surface area (Å²) < 4.78 is 0. The molecule has 0 bridgehead atoms. The van der Waals surface area contributed by atoms with Crippen molar-refractivity contribution in [3.05, 3.63) is 93.1 Å². The molecule has 3 aromatic rings. The van der Waals surface area contributed by atoms with E-state index in [-0.39, 0.29) is 11.9 Å². The third-order valence-electron chi connectivity index (χ3n) is 4.99. The molecule has 1 aromatic heterocycles. The van der Waals surface area contributed by atoms with Gasteiger partial charge in [0.05, 0.1) is 10.9 Å². The summed E-state index contributed by atoms with van der Waals surface area (Å²) in [6.45, 7) is 3.31. The molecule has 0 aliphatic carbocycles. The van der Waals surface area contributed by atoms with Gasteiger partial charge in [-0.05, 0) is 34.7 Å². The topological polar surface area (TPSA) is 35.6 Å². The summed E-state index contributed by atoms with van der Waals surface area (Å²) in [6, 6.07) is 22.6. The molecule has 1 saturated heterocycles. The van der Waals surface area contributed by atoms with E-state index in [4.69, 9.17) is 11.6 Å². The molecule has 0 saturated carbocycles. The molecule has 1 aliphatic heterocycles. The maximum Gasteiger partial charge on any atom is 0.275 e. The SMILES string of the molecule is O=C(NN1CCN(C(c2ccccc2)c2ccc(Cl)cc2)CC1)c1cccs1. The number of benzene rings is 2. The highest BCUT2D eigenvalue weighted by Gasteiger charge is 2.27. The van der Waals surface area contributed by atoms with Crippen LogP contribution in [0.15, 0.2) is 72.1 Å². The van der Waals surface area contributed by atoms with E-state index in [1.54, 1.807) is 0 Å². The molecule has 6 heteroatoms. The summed E-state index contributed by atoms with van der Waals surface area (Å²) in [5.41, 5.74) is 5.52. The Morgan fingerprint density at radius 2 is 1.57 bits per heavy atom. The number of hydrazine groups is 1. The second kappa shape index (κ2) is 8.88. The van der Waals surface area contributed by atoms with Crippen molar-refractivity contribution in [3.8, 4) is 0 Å². The van der Waals surface area contributed by atoms with E-state index < -0.39 is 0 Å². The standard InChI is InChI=1S/C22H22ClN3OS/c23-19-10-8-18(9-11-19)21(17-5-2-1-3-6-17)25-12-14-26(15-13-25)24-22(27)20-7-4-16-28-20/h1-11,16,21H,12-15H2,(H,24,27). The number of amides is 1. The van der Waals surface area contributed by atoms with Crippen molar-refractivity contribution in [2.75, 3.05) is 26.2 Å². The molecule has 1 fully saturated rings. The Morgan fingerprint density at radius 3 is 2.21 bits per heavy atom. The van der Waals surface area contributed by atoms with Crippen LogP contribution in [0.1, 0.15) is 26.8 Å². The summed E-state index contributed by atoms with van der Waals surface area (Å²) in [7, 11) is 0. The predicted molar refractivity (Wildman–Crippen MR) is 115 cm³/mol. The molecule has 1 unspecified atom stereocenters. The van der Waals surface area contributed by atoms with Gasteiger partial charge in [-0.25, -0.2) is 5.01 Å². The number of piperazine rings is 1. The van der Waals surface area contributed by atoms with Gasteiger partial charge in [-0.1, -0.05) is 60.1 Å². The lowest BCUT2D eigenvalue weighted by atomic mass is 9.96. The minimum absolute atomic E-state index is 0.0271. The number of nitrogens with zero attached hydrogens (tertiary/aromatic N) is 2. The third-order valence-corrected chi connectivity index (χ3v) is 6.11. The van der Waals surface area contributed by atoms with Crippen LogP contribution in [-0.4, -0.2) is 42.0 Å². The second-order valence-corrected chi connectivity index (χ2v) is 8.19. The molecule has 1 aliphatic rings. The van der Waals surface area contributed by atoms with Gasteiger partial charge in [0.15, 0.2) is 0 Å². The largest absolute Gasteiger partial charge is 0.290 e. The van der Waals surface area contributed by atoms with Gasteiger partial charge in [0.1, 0.15) is 0 Å². The number of carbonyl (C=O) groups excluding carboxylic acids is 1. The van der Waals surface area contributed by atoms with Gasteiger partial charge in [0.2, 0.25) is 0 Å². The van der Waals surface area contributed by atoms with Crippen molar-refractivity contribution < 1.29 is 4.79 Å². The Labute approximate surface area is 174 Å². The molecule has 0 radical (unpaired) electrons. The van der Waals surface area contributed by atoms with Crippen LogP contribution in [0, 0.1) is 0 Å². The lowest BCUT2D eigenvalue weighted by Gasteiger charge is -2.39. The van der Waals surface area contributed by atoms with Crippen LogP contribution in [0.2, 0.25) is 5.02 Å². The predicted octanol–water partition coefficient (Wildman–Crippen LogP) is 4.45. The maximum absolute atomic E-state index is 12.3. The molecular formula is C22H22ClN3OS. The van der Waals surface area contributed by atoms with Gasteiger partial charge >= 0.3 is 0 Å². The van der Waals surface area contributed by atoms with E-state index in [0.29, 0.717) is 0 Å². The molecule has 2 heterocycles. The summed E-state index contributed by atoms with van der Waals surface area (Å²) in [5, 5.41) is 4.68. The van der Waals surface area contributed by atoms with E-state index in [0.717, 1.165) is 36.1 Å². The number of nitrogens with one attached hydrogen (secondary N) is 1. The highest BCUT2D eigenvalue weighted by atomic mass is 35.5. The molecule has 4 rings (SSSR count). The molecule has 1 amide bonds. The number of rotatable bonds is 5. The monoisotopic (exact) mass is 411 g/mol. The first kappa shape index (κ1) is 19.2. The van der Waals surface area contributed by atoms with Gasteiger partial charge in [-0.2, -0.15) is 0 Å². The van der Waals surface area contributed by atoms with Crippen LogP contribution < -0.4 is 5.43 Å². The number of halogens is 1. The molecule has 28 heavy (non-hydrogen) atoms. The Kier molecular flexibility index (Phi) is 6.07. The zero-order valence-corrected chi connectivity index (χ0v) is 17.0. The highest BCUT2D eigenvalue weighted by Crippen LogP contribution is 2.30. The van der Waals surface area contributed by atoms with Crippen LogP contribution in [0.5, 0.6) is 0 Å². The maximum atomic E-state index is 12.3. The van der Waals surface area contributed by atoms with Gasteiger partial charge < -0.3 is 0 Å². The zero-order chi connectivity index (χ0) is 19.3. The number of carbonyl (C=O) groups is 1. The van der Waals surface area contributed by atoms with Crippen LogP contribution in [-0.2, 0) is 0 Å².